The van der Waals surface area contributed by atoms with Crippen molar-refractivity contribution in [1.29, 1.82) is 0 Å². The molecule has 0 saturated carbocycles. The van der Waals surface area contributed by atoms with E-state index in [4.69, 9.17) is 10.2 Å². The Bertz CT molecular complexity index is 1490. The number of nitrogen functional groups attached to an aromatic ring is 1. The minimum atomic E-state index is -0.0830. The molecule has 0 atom stereocenters. The Morgan fingerprint density at radius 1 is 1.13 bits per heavy atom. The van der Waals surface area contributed by atoms with E-state index in [-0.39, 0.29) is 12.0 Å². The van der Waals surface area contributed by atoms with E-state index in [9.17, 15) is 4.79 Å². The zero-order chi connectivity index (χ0) is 20.8. The highest BCUT2D eigenvalue weighted by molar-refractivity contribution is 9.10. The van der Waals surface area contributed by atoms with Crippen LogP contribution < -0.4 is 11.2 Å². The lowest BCUT2D eigenvalue weighted by molar-refractivity contribution is 0.521. The summed E-state index contributed by atoms with van der Waals surface area (Å²) in [7, 11) is 0. The number of hydrogen-bond donors (Lipinski definition) is 1. The third-order valence-electron chi connectivity index (χ3n) is 5.08. The number of nitrogens with zero attached hydrogens (tertiary/aromatic N) is 4. The number of rotatable bonds is 3. The van der Waals surface area contributed by atoms with Gasteiger partial charge in [-0.25, -0.2) is 15.0 Å². The predicted molar refractivity (Wildman–Crippen MR) is 119 cm³/mol. The molecule has 0 radical (unpaired) electrons. The second-order valence-corrected chi connectivity index (χ2v) is 7.90. The number of anilines is 1. The van der Waals surface area contributed by atoms with Gasteiger partial charge >= 0.3 is 0 Å². The fourth-order valence-corrected chi connectivity index (χ4v) is 3.98. The number of aromatic nitrogens is 4. The standard InChI is InChI=1S/C22H16BrN5O2/c1-12-4-2-3-5-14(12)18-17(30-16-7-6-13(23)8-15(16)20(18)29)9-28-11-27-19-21(24)25-10-26-22(19)28/h2-8,10-11H,9H2,1H3,(H2,24,25,26). The van der Waals surface area contributed by atoms with Crippen LogP contribution in [0.4, 0.5) is 5.82 Å². The van der Waals surface area contributed by atoms with Crippen LogP contribution in [0, 0.1) is 6.92 Å². The Hall–Kier alpha value is -3.52. The van der Waals surface area contributed by atoms with E-state index in [1.165, 1.54) is 6.33 Å². The molecule has 8 heteroatoms. The van der Waals surface area contributed by atoms with Gasteiger partial charge < -0.3 is 14.7 Å². The molecule has 3 heterocycles. The van der Waals surface area contributed by atoms with E-state index in [1.807, 2.05) is 37.3 Å². The SMILES string of the molecule is Cc1ccccc1-c1c(Cn2cnc3c(N)ncnc32)oc2ccc(Br)cc2c1=O. The van der Waals surface area contributed by atoms with Crippen molar-refractivity contribution in [3.8, 4) is 11.1 Å². The highest BCUT2D eigenvalue weighted by atomic mass is 79.9. The van der Waals surface area contributed by atoms with E-state index >= 15 is 0 Å². The Kier molecular flexibility index (Phi) is 4.36. The van der Waals surface area contributed by atoms with Gasteiger partial charge in [-0.15, -0.1) is 0 Å². The van der Waals surface area contributed by atoms with E-state index in [1.54, 1.807) is 23.0 Å². The molecular weight excluding hydrogens is 446 g/mol. The van der Waals surface area contributed by atoms with Crippen molar-refractivity contribution in [2.45, 2.75) is 13.5 Å². The fraction of sp³-hybridized carbons (Fsp3) is 0.0909. The molecule has 30 heavy (non-hydrogen) atoms. The van der Waals surface area contributed by atoms with Crippen LogP contribution in [-0.4, -0.2) is 19.5 Å². The molecule has 2 N–H and O–H groups in total. The lowest BCUT2D eigenvalue weighted by Gasteiger charge is -2.13. The molecule has 0 aliphatic rings. The van der Waals surface area contributed by atoms with Crippen molar-refractivity contribution < 1.29 is 4.42 Å². The highest BCUT2D eigenvalue weighted by Gasteiger charge is 2.19. The van der Waals surface area contributed by atoms with Crippen LogP contribution in [0.2, 0.25) is 0 Å². The molecule has 0 bridgehead atoms. The predicted octanol–water partition coefficient (Wildman–Crippen LogP) is 4.30. The Morgan fingerprint density at radius 2 is 1.97 bits per heavy atom. The number of fused-ring (bicyclic) bond motifs is 2. The first kappa shape index (κ1) is 18.5. The molecular formula is C22H16BrN5O2. The van der Waals surface area contributed by atoms with Crippen LogP contribution in [0.15, 0.2) is 68.8 Å². The number of benzene rings is 2. The van der Waals surface area contributed by atoms with Crippen LogP contribution in [0.3, 0.4) is 0 Å². The van der Waals surface area contributed by atoms with Crippen LogP contribution in [-0.2, 0) is 6.54 Å². The van der Waals surface area contributed by atoms with Gasteiger partial charge in [0.15, 0.2) is 11.5 Å². The van der Waals surface area contributed by atoms with Crippen molar-refractivity contribution in [3.05, 3.63) is 81.1 Å². The van der Waals surface area contributed by atoms with E-state index in [2.05, 4.69) is 30.9 Å². The molecule has 0 aliphatic carbocycles. The Balaban J connectivity index is 1.79. The number of aryl methyl sites for hydroxylation is 1. The van der Waals surface area contributed by atoms with Crippen LogP contribution in [0.5, 0.6) is 0 Å². The fourth-order valence-electron chi connectivity index (χ4n) is 3.62. The molecule has 7 nitrogen and oxygen atoms in total. The number of imidazole rings is 1. The van der Waals surface area contributed by atoms with Crippen molar-refractivity contribution in [2.75, 3.05) is 5.73 Å². The van der Waals surface area contributed by atoms with Crippen LogP contribution in [0.25, 0.3) is 33.3 Å². The minimum Gasteiger partial charge on any atom is -0.458 e. The van der Waals surface area contributed by atoms with Gasteiger partial charge in [-0.05, 0) is 36.2 Å². The van der Waals surface area contributed by atoms with Gasteiger partial charge in [0, 0.05) is 4.47 Å². The smallest absolute Gasteiger partial charge is 0.200 e. The normalized spacial score (nSPS) is 11.4. The maximum Gasteiger partial charge on any atom is 0.200 e. The second-order valence-electron chi connectivity index (χ2n) is 6.99. The third kappa shape index (κ3) is 2.96. The summed E-state index contributed by atoms with van der Waals surface area (Å²) in [6, 6.07) is 13.2. The zero-order valence-corrected chi connectivity index (χ0v) is 17.5. The number of halogens is 1. The Labute approximate surface area is 179 Å². The van der Waals surface area contributed by atoms with Crippen LogP contribution in [0.1, 0.15) is 11.3 Å². The summed E-state index contributed by atoms with van der Waals surface area (Å²) < 4.78 is 8.87. The average Bonchev–Trinajstić information content (AvgIpc) is 3.14. The summed E-state index contributed by atoms with van der Waals surface area (Å²) in [6.07, 6.45) is 3.02. The summed E-state index contributed by atoms with van der Waals surface area (Å²) in [5.74, 6) is 0.836. The number of hydrogen-bond acceptors (Lipinski definition) is 6. The maximum atomic E-state index is 13.5. The van der Waals surface area contributed by atoms with Gasteiger partial charge in [0.25, 0.3) is 0 Å². The first-order valence-corrected chi connectivity index (χ1v) is 10.0. The van der Waals surface area contributed by atoms with Gasteiger partial charge in [-0.3, -0.25) is 4.79 Å². The monoisotopic (exact) mass is 461 g/mol. The molecule has 5 aromatic rings. The maximum absolute atomic E-state index is 13.5. The van der Waals surface area contributed by atoms with Gasteiger partial charge in [-0.1, -0.05) is 40.2 Å². The summed E-state index contributed by atoms with van der Waals surface area (Å²) >= 11 is 3.44. The molecule has 0 unspecified atom stereocenters. The van der Waals surface area contributed by atoms with Crippen molar-refractivity contribution in [1.82, 2.24) is 19.5 Å². The van der Waals surface area contributed by atoms with Crippen LogP contribution >= 0.6 is 15.9 Å². The minimum absolute atomic E-state index is 0.0830. The lowest BCUT2D eigenvalue weighted by atomic mass is 9.98. The van der Waals surface area contributed by atoms with Gasteiger partial charge in [0.05, 0.1) is 23.8 Å². The van der Waals surface area contributed by atoms with Crippen molar-refractivity contribution in [3.63, 3.8) is 0 Å². The number of nitrogens with two attached hydrogens (primary N) is 1. The molecule has 0 saturated heterocycles. The molecule has 3 aromatic heterocycles. The van der Waals surface area contributed by atoms with Crippen molar-refractivity contribution in [2.24, 2.45) is 0 Å². The summed E-state index contributed by atoms with van der Waals surface area (Å²) in [5.41, 5.74) is 9.80. The Morgan fingerprint density at radius 3 is 2.80 bits per heavy atom. The quantitative estimate of drug-likeness (QED) is 0.429. The topological polar surface area (TPSA) is 99.8 Å². The summed E-state index contributed by atoms with van der Waals surface area (Å²) in [5, 5.41) is 0.522. The molecule has 0 amide bonds. The molecule has 0 aliphatic heterocycles. The lowest BCUT2D eigenvalue weighted by Crippen LogP contribution is -2.12. The highest BCUT2D eigenvalue weighted by Crippen LogP contribution is 2.29. The van der Waals surface area contributed by atoms with Crippen molar-refractivity contribution >= 4 is 43.9 Å². The first-order valence-electron chi connectivity index (χ1n) is 9.25. The summed E-state index contributed by atoms with van der Waals surface area (Å²) in [6.45, 7) is 2.25. The van der Waals surface area contributed by atoms with Gasteiger partial charge in [-0.2, -0.15) is 0 Å². The molecule has 148 valence electrons. The third-order valence-corrected chi connectivity index (χ3v) is 5.58. The van der Waals surface area contributed by atoms with E-state index < -0.39 is 0 Å². The molecule has 0 fully saturated rings. The molecule has 0 spiro atoms. The average molecular weight is 462 g/mol. The molecule has 2 aromatic carbocycles. The largest absolute Gasteiger partial charge is 0.458 e. The molecule has 5 rings (SSSR count). The van der Waals surface area contributed by atoms with Gasteiger partial charge in [0.1, 0.15) is 23.2 Å². The van der Waals surface area contributed by atoms with Gasteiger partial charge in [0.2, 0.25) is 5.43 Å². The first-order chi connectivity index (χ1) is 14.5. The zero-order valence-electron chi connectivity index (χ0n) is 16.0. The summed E-state index contributed by atoms with van der Waals surface area (Å²) in [4.78, 5) is 26.1. The second kappa shape index (κ2) is 7.07. The van der Waals surface area contributed by atoms with E-state index in [0.717, 1.165) is 15.6 Å². The van der Waals surface area contributed by atoms with E-state index in [0.29, 0.717) is 39.3 Å².